The van der Waals surface area contributed by atoms with Crippen LogP contribution >= 0.6 is 0 Å². The van der Waals surface area contributed by atoms with Crippen molar-refractivity contribution in [2.45, 2.75) is 32.1 Å². The molecule has 12 heavy (non-hydrogen) atoms. The van der Waals surface area contributed by atoms with E-state index in [2.05, 4.69) is 4.65 Å². The Bertz CT molecular complexity index is 141. The lowest BCUT2D eigenvalue weighted by Gasteiger charge is -2.03. The van der Waals surface area contributed by atoms with Crippen molar-refractivity contribution >= 4 is 7.32 Å². The maximum atomic E-state index is 8.33. The van der Waals surface area contributed by atoms with Crippen LogP contribution < -0.4 is 0 Å². The highest BCUT2D eigenvalue weighted by molar-refractivity contribution is 6.32. The normalized spacial score (nSPS) is 18.8. The fourth-order valence-corrected chi connectivity index (χ4v) is 1.62. The average Bonchev–Trinajstić information content (AvgIpc) is 2.49. The fourth-order valence-electron chi connectivity index (χ4n) is 1.62. The number of hydrogen-bond acceptors (Lipinski definition) is 3. The van der Waals surface area contributed by atoms with Crippen molar-refractivity contribution in [3.05, 3.63) is 12.3 Å². The van der Waals surface area contributed by atoms with Gasteiger partial charge in [0.15, 0.2) is 0 Å². The van der Waals surface area contributed by atoms with Crippen molar-refractivity contribution in [1.82, 2.24) is 0 Å². The highest BCUT2D eigenvalue weighted by Crippen LogP contribution is 2.27. The Morgan fingerprint density at radius 3 is 2.58 bits per heavy atom. The van der Waals surface area contributed by atoms with Gasteiger partial charge in [-0.3, -0.25) is 0 Å². The molecule has 4 heteroatoms. The van der Waals surface area contributed by atoms with Gasteiger partial charge in [-0.2, -0.15) is 0 Å². The summed E-state index contributed by atoms with van der Waals surface area (Å²) >= 11 is 0. The molecule has 0 amide bonds. The third-order valence-corrected chi connectivity index (χ3v) is 2.24. The van der Waals surface area contributed by atoms with Gasteiger partial charge >= 0.3 is 7.32 Å². The van der Waals surface area contributed by atoms with Gasteiger partial charge in [0.1, 0.15) is 0 Å². The van der Waals surface area contributed by atoms with E-state index in [1.54, 1.807) is 0 Å². The first-order valence-electron chi connectivity index (χ1n) is 4.45. The van der Waals surface area contributed by atoms with Gasteiger partial charge in [0.2, 0.25) is 0 Å². The zero-order valence-electron chi connectivity index (χ0n) is 7.15. The standard InChI is InChI=1S/C8H15BO3/c10-9(11)12-7-3-6-8-4-1-2-5-8/h3,7-8,10-11H,1-2,4-6H2/b7-3+. The van der Waals surface area contributed by atoms with Crippen LogP contribution in [-0.2, 0) is 4.65 Å². The Morgan fingerprint density at radius 2 is 2.00 bits per heavy atom. The second-order valence-corrected chi connectivity index (χ2v) is 3.22. The third kappa shape index (κ3) is 3.78. The molecule has 0 spiro atoms. The summed E-state index contributed by atoms with van der Waals surface area (Å²) in [6.07, 6.45) is 9.48. The SMILES string of the molecule is OB(O)O/C=C/CC1CCCC1. The minimum absolute atomic E-state index is 0.778. The molecule has 0 saturated heterocycles. The van der Waals surface area contributed by atoms with Crippen LogP contribution in [0.25, 0.3) is 0 Å². The van der Waals surface area contributed by atoms with Gasteiger partial charge in [-0.25, -0.2) is 0 Å². The molecule has 0 heterocycles. The lowest BCUT2D eigenvalue weighted by atomic mass is 10.0. The van der Waals surface area contributed by atoms with E-state index in [4.69, 9.17) is 10.0 Å². The van der Waals surface area contributed by atoms with Gasteiger partial charge in [-0.05, 0) is 12.3 Å². The molecule has 3 nitrogen and oxygen atoms in total. The molecule has 1 aliphatic carbocycles. The van der Waals surface area contributed by atoms with Crippen LogP contribution in [0, 0.1) is 5.92 Å². The first-order chi connectivity index (χ1) is 5.79. The predicted octanol–water partition coefficient (Wildman–Crippen LogP) is 1.07. The van der Waals surface area contributed by atoms with Crippen molar-refractivity contribution in [2.24, 2.45) is 5.92 Å². The van der Waals surface area contributed by atoms with E-state index in [1.807, 2.05) is 6.08 Å². The zero-order chi connectivity index (χ0) is 8.81. The number of rotatable bonds is 4. The average molecular weight is 170 g/mol. The summed E-state index contributed by atoms with van der Waals surface area (Å²) in [7, 11) is -1.68. The van der Waals surface area contributed by atoms with Crippen molar-refractivity contribution in [3.63, 3.8) is 0 Å². The van der Waals surface area contributed by atoms with Crippen LogP contribution in [0.2, 0.25) is 0 Å². The molecule has 1 saturated carbocycles. The van der Waals surface area contributed by atoms with Gasteiger partial charge in [-0.1, -0.05) is 31.8 Å². The summed E-state index contributed by atoms with van der Waals surface area (Å²) in [4.78, 5) is 0. The van der Waals surface area contributed by atoms with Crippen LogP contribution in [0.15, 0.2) is 12.3 Å². The molecule has 2 N–H and O–H groups in total. The molecular formula is C8H15BO3. The van der Waals surface area contributed by atoms with Crippen molar-refractivity contribution in [3.8, 4) is 0 Å². The lowest BCUT2D eigenvalue weighted by Crippen LogP contribution is -2.12. The Kier molecular flexibility index (Phi) is 4.18. The molecule has 1 aliphatic rings. The second kappa shape index (κ2) is 5.22. The number of allylic oxidation sites excluding steroid dienone is 1. The van der Waals surface area contributed by atoms with Crippen molar-refractivity contribution in [1.29, 1.82) is 0 Å². The van der Waals surface area contributed by atoms with Gasteiger partial charge in [0, 0.05) is 0 Å². The van der Waals surface area contributed by atoms with Crippen molar-refractivity contribution < 1.29 is 14.7 Å². The van der Waals surface area contributed by atoms with E-state index in [1.165, 1.54) is 31.9 Å². The van der Waals surface area contributed by atoms with E-state index in [-0.39, 0.29) is 0 Å². The summed E-state index contributed by atoms with van der Waals surface area (Å²) < 4.78 is 4.43. The predicted molar refractivity (Wildman–Crippen MR) is 47.0 cm³/mol. The summed E-state index contributed by atoms with van der Waals surface area (Å²) in [5.41, 5.74) is 0. The molecular weight excluding hydrogens is 155 g/mol. The van der Waals surface area contributed by atoms with E-state index in [0.717, 1.165) is 12.3 Å². The van der Waals surface area contributed by atoms with Crippen LogP contribution in [0.1, 0.15) is 32.1 Å². The quantitative estimate of drug-likeness (QED) is 0.490. The van der Waals surface area contributed by atoms with Gasteiger partial charge in [0.05, 0.1) is 6.26 Å². The van der Waals surface area contributed by atoms with E-state index >= 15 is 0 Å². The maximum Gasteiger partial charge on any atom is 0.707 e. The van der Waals surface area contributed by atoms with Crippen molar-refractivity contribution in [2.75, 3.05) is 0 Å². The first-order valence-corrected chi connectivity index (χ1v) is 4.45. The monoisotopic (exact) mass is 170 g/mol. The Morgan fingerprint density at radius 1 is 1.33 bits per heavy atom. The minimum atomic E-state index is -1.68. The minimum Gasteiger partial charge on any atom is -0.519 e. The molecule has 0 radical (unpaired) electrons. The molecule has 1 fully saturated rings. The smallest absolute Gasteiger partial charge is 0.519 e. The highest BCUT2D eigenvalue weighted by Gasteiger charge is 2.13. The molecule has 68 valence electrons. The summed E-state index contributed by atoms with van der Waals surface area (Å²) in [6, 6.07) is 0. The Labute approximate surface area is 73.2 Å². The Balaban J connectivity index is 2.03. The van der Waals surface area contributed by atoms with E-state index in [9.17, 15) is 0 Å². The molecule has 0 bridgehead atoms. The number of hydrogen-bond donors (Lipinski definition) is 2. The molecule has 0 unspecified atom stereocenters. The van der Waals surface area contributed by atoms with Crippen LogP contribution in [0.5, 0.6) is 0 Å². The summed E-state index contributed by atoms with van der Waals surface area (Å²) in [5, 5.41) is 16.7. The molecule has 1 rings (SSSR count). The fraction of sp³-hybridized carbons (Fsp3) is 0.750. The molecule has 0 aliphatic heterocycles. The van der Waals surface area contributed by atoms with Gasteiger partial charge in [0.25, 0.3) is 0 Å². The van der Waals surface area contributed by atoms with Crippen LogP contribution in [0.4, 0.5) is 0 Å². The van der Waals surface area contributed by atoms with E-state index < -0.39 is 7.32 Å². The summed E-state index contributed by atoms with van der Waals surface area (Å²) in [6.45, 7) is 0. The zero-order valence-corrected chi connectivity index (χ0v) is 7.15. The molecule has 0 atom stereocenters. The second-order valence-electron chi connectivity index (χ2n) is 3.22. The van der Waals surface area contributed by atoms with Crippen LogP contribution in [-0.4, -0.2) is 17.4 Å². The Hall–Kier alpha value is -0.475. The largest absolute Gasteiger partial charge is 0.707 e. The lowest BCUT2D eigenvalue weighted by molar-refractivity contribution is 0.256. The summed E-state index contributed by atoms with van der Waals surface area (Å²) in [5.74, 6) is 0.778. The molecule has 0 aromatic heterocycles. The third-order valence-electron chi connectivity index (χ3n) is 2.24. The molecule has 0 aromatic rings. The van der Waals surface area contributed by atoms with Crippen LogP contribution in [0.3, 0.4) is 0 Å². The topological polar surface area (TPSA) is 49.7 Å². The maximum absolute atomic E-state index is 8.33. The first kappa shape index (κ1) is 9.61. The highest BCUT2D eigenvalue weighted by atomic mass is 16.6. The molecule has 0 aromatic carbocycles. The van der Waals surface area contributed by atoms with E-state index in [0.29, 0.717) is 0 Å². The van der Waals surface area contributed by atoms with Gasteiger partial charge in [-0.15, -0.1) is 0 Å². The van der Waals surface area contributed by atoms with Gasteiger partial charge < -0.3 is 14.7 Å².